The van der Waals surface area contributed by atoms with Crippen LogP contribution in [0.2, 0.25) is 0 Å². The van der Waals surface area contributed by atoms with Crippen LogP contribution in [0.3, 0.4) is 0 Å². The van der Waals surface area contributed by atoms with Crippen molar-refractivity contribution in [3.8, 4) is 0 Å². The molecule has 3 rings (SSSR count). The van der Waals surface area contributed by atoms with Crippen molar-refractivity contribution in [3.05, 3.63) is 60.2 Å². The van der Waals surface area contributed by atoms with Crippen molar-refractivity contribution >= 4 is 29.2 Å². The molecule has 0 radical (unpaired) electrons. The van der Waals surface area contributed by atoms with E-state index in [1.165, 1.54) is 4.90 Å². The highest BCUT2D eigenvalue weighted by atomic mass is 16.2. The fraction of sp³-hybridized carbons (Fsp3) is 0.375. The van der Waals surface area contributed by atoms with Gasteiger partial charge in [0.25, 0.3) is 0 Å². The number of para-hydroxylation sites is 2. The number of hydrogen-bond donors (Lipinski definition) is 2. The van der Waals surface area contributed by atoms with Crippen molar-refractivity contribution in [2.24, 2.45) is 5.92 Å². The highest BCUT2D eigenvalue weighted by molar-refractivity contribution is 5.95. The lowest BCUT2D eigenvalue weighted by Crippen LogP contribution is -2.46. The third-order valence-corrected chi connectivity index (χ3v) is 5.59. The topological polar surface area (TPSA) is 81.8 Å². The highest BCUT2D eigenvalue weighted by Gasteiger charge is 2.29. The molecule has 164 valence electrons. The van der Waals surface area contributed by atoms with Gasteiger partial charge in [0.05, 0.1) is 6.54 Å². The SMILES string of the molecule is CCc1ccccc1NC(=O)CN(C)C(=O)C1CCN(C(=O)Nc2ccccc2)CC1. The molecule has 1 aliphatic heterocycles. The quantitative estimate of drug-likeness (QED) is 0.746. The Balaban J connectivity index is 1.46. The molecule has 2 N–H and O–H groups in total. The van der Waals surface area contributed by atoms with Crippen molar-refractivity contribution in [3.63, 3.8) is 0 Å². The summed E-state index contributed by atoms with van der Waals surface area (Å²) in [4.78, 5) is 40.9. The lowest BCUT2D eigenvalue weighted by atomic mass is 9.95. The molecule has 0 aromatic heterocycles. The van der Waals surface area contributed by atoms with Crippen molar-refractivity contribution in [2.75, 3.05) is 37.3 Å². The normalized spacial score (nSPS) is 14.1. The molecule has 0 aliphatic carbocycles. The van der Waals surface area contributed by atoms with Gasteiger partial charge in [0, 0.05) is 37.4 Å². The molecule has 2 aromatic carbocycles. The number of nitrogens with one attached hydrogen (secondary N) is 2. The molecule has 1 aliphatic rings. The first-order chi connectivity index (χ1) is 15.0. The van der Waals surface area contributed by atoms with E-state index in [2.05, 4.69) is 10.6 Å². The molecule has 1 saturated heterocycles. The van der Waals surface area contributed by atoms with E-state index in [4.69, 9.17) is 0 Å². The average molecular weight is 423 g/mol. The summed E-state index contributed by atoms with van der Waals surface area (Å²) in [6.45, 7) is 3.07. The van der Waals surface area contributed by atoms with Crippen LogP contribution in [-0.4, -0.2) is 54.3 Å². The molecule has 31 heavy (non-hydrogen) atoms. The standard InChI is InChI=1S/C24H30N4O3/c1-3-18-9-7-8-12-21(18)26-22(29)17-27(2)23(30)19-13-15-28(16-14-19)24(31)25-20-10-5-4-6-11-20/h4-12,19H,3,13-17H2,1-2H3,(H,25,31)(H,26,29). The Kier molecular flexibility index (Phi) is 7.65. The predicted octanol–water partition coefficient (Wildman–Crippen LogP) is 3.59. The number of carbonyl (C=O) groups excluding carboxylic acids is 3. The predicted molar refractivity (Wildman–Crippen MR) is 122 cm³/mol. The number of benzene rings is 2. The van der Waals surface area contributed by atoms with Gasteiger partial charge in [-0.2, -0.15) is 0 Å². The smallest absolute Gasteiger partial charge is 0.321 e. The van der Waals surface area contributed by atoms with E-state index < -0.39 is 0 Å². The Labute approximate surface area is 183 Å². The molecule has 2 aromatic rings. The third-order valence-electron chi connectivity index (χ3n) is 5.59. The molecule has 7 nitrogen and oxygen atoms in total. The van der Waals surface area contributed by atoms with Gasteiger partial charge in [-0.15, -0.1) is 0 Å². The Hall–Kier alpha value is -3.35. The van der Waals surface area contributed by atoms with Gasteiger partial charge in [-0.05, 0) is 43.0 Å². The second-order valence-corrected chi connectivity index (χ2v) is 7.81. The van der Waals surface area contributed by atoms with E-state index in [1.54, 1.807) is 11.9 Å². The van der Waals surface area contributed by atoms with Crippen LogP contribution in [0.1, 0.15) is 25.3 Å². The van der Waals surface area contributed by atoms with Crippen LogP contribution in [0.25, 0.3) is 0 Å². The van der Waals surface area contributed by atoms with Gasteiger partial charge in [-0.3, -0.25) is 9.59 Å². The Morgan fingerprint density at radius 3 is 2.29 bits per heavy atom. The minimum absolute atomic E-state index is 0.00555. The number of likely N-dealkylation sites (N-methyl/N-ethyl adjacent to an activating group) is 1. The fourth-order valence-corrected chi connectivity index (χ4v) is 3.80. The second-order valence-electron chi connectivity index (χ2n) is 7.81. The number of anilines is 2. The molecule has 0 atom stereocenters. The highest BCUT2D eigenvalue weighted by Crippen LogP contribution is 2.21. The molecule has 7 heteroatoms. The summed E-state index contributed by atoms with van der Waals surface area (Å²) in [5, 5.41) is 5.78. The first-order valence-electron chi connectivity index (χ1n) is 10.7. The summed E-state index contributed by atoms with van der Waals surface area (Å²) < 4.78 is 0. The van der Waals surface area contributed by atoms with Crippen LogP contribution in [0, 0.1) is 5.92 Å². The molecule has 0 bridgehead atoms. The Morgan fingerprint density at radius 1 is 0.968 bits per heavy atom. The number of likely N-dealkylation sites (tertiary alicyclic amines) is 1. The van der Waals surface area contributed by atoms with Crippen LogP contribution >= 0.6 is 0 Å². The lowest BCUT2D eigenvalue weighted by Gasteiger charge is -2.33. The molecule has 4 amide bonds. The Morgan fingerprint density at radius 2 is 1.61 bits per heavy atom. The van der Waals surface area contributed by atoms with Crippen LogP contribution in [0.4, 0.5) is 16.2 Å². The minimum Gasteiger partial charge on any atom is -0.336 e. The summed E-state index contributed by atoms with van der Waals surface area (Å²) in [7, 11) is 1.65. The number of hydrogen-bond acceptors (Lipinski definition) is 3. The van der Waals surface area contributed by atoms with Crippen LogP contribution in [0.15, 0.2) is 54.6 Å². The molecule has 0 spiro atoms. The van der Waals surface area contributed by atoms with Crippen LogP contribution in [-0.2, 0) is 16.0 Å². The number of carbonyl (C=O) groups is 3. The Bertz CT molecular complexity index is 908. The zero-order chi connectivity index (χ0) is 22.2. The summed E-state index contributed by atoms with van der Waals surface area (Å²) in [6.07, 6.45) is 2.00. The van der Waals surface area contributed by atoms with E-state index in [0.29, 0.717) is 25.9 Å². The average Bonchev–Trinajstić information content (AvgIpc) is 2.79. The van der Waals surface area contributed by atoms with Crippen molar-refractivity contribution in [1.82, 2.24) is 9.80 Å². The maximum absolute atomic E-state index is 12.8. The van der Waals surface area contributed by atoms with Crippen LogP contribution < -0.4 is 10.6 Å². The number of rotatable bonds is 6. The number of urea groups is 1. The first kappa shape index (κ1) is 22.3. The number of amides is 4. The maximum atomic E-state index is 12.8. The van der Waals surface area contributed by atoms with Gasteiger partial charge in [0.2, 0.25) is 11.8 Å². The zero-order valence-electron chi connectivity index (χ0n) is 18.1. The lowest BCUT2D eigenvalue weighted by molar-refractivity contribution is -0.138. The van der Waals surface area contributed by atoms with Crippen molar-refractivity contribution < 1.29 is 14.4 Å². The molecular formula is C24H30N4O3. The molecular weight excluding hydrogens is 392 g/mol. The monoisotopic (exact) mass is 422 g/mol. The van der Waals surface area contributed by atoms with Gasteiger partial charge in [0.1, 0.15) is 0 Å². The second kappa shape index (κ2) is 10.6. The molecule has 1 fully saturated rings. The summed E-state index contributed by atoms with van der Waals surface area (Å²) in [5.41, 5.74) is 2.60. The van der Waals surface area contributed by atoms with Gasteiger partial charge in [0.15, 0.2) is 0 Å². The maximum Gasteiger partial charge on any atom is 0.321 e. The van der Waals surface area contributed by atoms with Gasteiger partial charge in [-0.1, -0.05) is 43.3 Å². The van der Waals surface area contributed by atoms with E-state index in [-0.39, 0.29) is 30.3 Å². The fourth-order valence-electron chi connectivity index (χ4n) is 3.80. The molecule has 0 saturated carbocycles. The van der Waals surface area contributed by atoms with E-state index in [9.17, 15) is 14.4 Å². The van der Waals surface area contributed by atoms with Crippen LogP contribution in [0.5, 0.6) is 0 Å². The van der Waals surface area contributed by atoms with Gasteiger partial charge >= 0.3 is 6.03 Å². The largest absolute Gasteiger partial charge is 0.336 e. The summed E-state index contributed by atoms with van der Waals surface area (Å²) in [6, 6.07) is 16.8. The first-order valence-corrected chi connectivity index (χ1v) is 10.7. The van der Waals surface area contributed by atoms with Gasteiger partial charge < -0.3 is 20.4 Å². The van der Waals surface area contributed by atoms with Crippen molar-refractivity contribution in [2.45, 2.75) is 26.2 Å². The van der Waals surface area contributed by atoms with E-state index >= 15 is 0 Å². The summed E-state index contributed by atoms with van der Waals surface area (Å²) in [5.74, 6) is -0.444. The van der Waals surface area contributed by atoms with Crippen molar-refractivity contribution in [1.29, 1.82) is 0 Å². The third kappa shape index (κ3) is 6.07. The number of aryl methyl sites for hydroxylation is 1. The van der Waals surface area contributed by atoms with Gasteiger partial charge in [-0.25, -0.2) is 4.79 Å². The van der Waals surface area contributed by atoms with E-state index in [1.807, 2.05) is 61.5 Å². The molecule has 1 heterocycles. The van der Waals surface area contributed by atoms with E-state index in [0.717, 1.165) is 23.4 Å². The summed E-state index contributed by atoms with van der Waals surface area (Å²) >= 11 is 0. The number of piperidine rings is 1. The number of nitrogens with zero attached hydrogens (tertiary/aromatic N) is 2. The minimum atomic E-state index is -0.212. The molecule has 0 unspecified atom stereocenters. The zero-order valence-corrected chi connectivity index (χ0v) is 18.1.